The second kappa shape index (κ2) is 6.21. The normalized spacial score (nSPS) is 33.2. The molecular formula is C14H24BrNO. The first-order chi connectivity index (χ1) is 8.20. The van der Waals surface area contributed by atoms with Gasteiger partial charge in [-0.1, -0.05) is 48.0 Å². The highest BCUT2D eigenvalue weighted by Gasteiger charge is 2.38. The van der Waals surface area contributed by atoms with Crippen LogP contribution in [0.4, 0.5) is 0 Å². The van der Waals surface area contributed by atoms with Crippen molar-refractivity contribution in [1.29, 1.82) is 0 Å². The molecule has 0 radical (unpaired) electrons. The number of rotatable bonds is 3. The van der Waals surface area contributed by atoms with Crippen molar-refractivity contribution in [1.82, 2.24) is 0 Å². The fourth-order valence-electron chi connectivity index (χ4n) is 3.81. The maximum absolute atomic E-state index is 11.8. The number of alkyl halides is 1. The summed E-state index contributed by atoms with van der Waals surface area (Å²) in [6.45, 7) is 0. The average Bonchev–Trinajstić information content (AvgIpc) is 2.33. The number of hydrogen-bond donors (Lipinski definition) is 1. The van der Waals surface area contributed by atoms with Gasteiger partial charge in [0.2, 0.25) is 5.91 Å². The van der Waals surface area contributed by atoms with Crippen LogP contribution in [0.1, 0.15) is 57.8 Å². The Morgan fingerprint density at radius 2 is 1.59 bits per heavy atom. The Kier molecular flexibility index (Phi) is 4.89. The van der Waals surface area contributed by atoms with Crippen LogP contribution in [-0.4, -0.2) is 10.7 Å². The van der Waals surface area contributed by atoms with E-state index in [1.807, 2.05) is 0 Å². The lowest BCUT2D eigenvalue weighted by Gasteiger charge is -2.38. The van der Waals surface area contributed by atoms with E-state index in [1.54, 1.807) is 0 Å². The molecule has 17 heavy (non-hydrogen) atoms. The Morgan fingerprint density at radius 1 is 1.00 bits per heavy atom. The molecule has 2 nitrogen and oxygen atoms in total. The summed E-state index contributed by atoms with van der Waals surface area (Å²) >= 11 is 3.78. The van der Waals surface area contributed by atoms with Crippen LogP contribution >= 0.6 is 15.9 Å². The second-order valence-corrected chi connectivity index (χ2v) is 6.97. The van der Waals surface area contributed by atoms with Gasteiger partial charge in [-0.15, -0.1) is 0 Å². The van der Waals surface area contributed by atoms with E-state index in [2.05, 4.69) is 15.9 Å². The summed E-state index contributed by atoms with van der Waals surface area (Å²) in [7, 11) is 0. The van der Waals surface area contributed by atoms with Crippen LogP contribution in [0.2, 0.25) is 0 Å². The van der Waals surface area contributed by atoms with Gasteiger partial charge in [-0.25, -0.2) is 0 Å². The molecule has 0 spiro atoms. The van der Waals surface area contributed by atoms with Crippen LogP contribution in [0.15, 0.2) is 0 Å². The first-order valence-corrected chi connectivity index (χ1v) is 8.05. The first-order valence-electron chi connectivity index (χ1n) is 7.13. The van der Waals surface area contributed by atoms with Gasteiger partial charge in [-0.3, -0.25) is 4.79 Å². The van der Waals surface area contributed by atoms with Crippen molar-refractivity contribution in [3.8, 4) is 0 Å². The van der Waals surface area contributed by atoms with Crippen LogP contribution in [0.25, 0.3) is 0 Å². The van der Waals surface area contributed by atoms with Crippen LogP contribution < -0.4 is 5.73 Å². The minimum absolute atomic E-state index is 0.0479. The van der Waals surface area contributed by atoms with E-state index in [4.69, 9.17) is 5.73 Å². The van der Waals surface area contributed by atoms with E-state index < -0.39 is 0 Å². The Labute approximate surface area is 113 Å². The number of hydrogen-bond acceptors (Lipinski definition) is 1. The highest BCUT2D eigenvalue weighted by molar-refractivity contribution is 9.09. The Balaban J connectivity index is 2.06. The fourth-order valence-corrected chi connectivity index (χ4v) is 4.72. The first kappa shape index (κ1) is 13.4. The predicted molar refractivity (Wildman–Crippen MR) is 73.9 cm³/mol. The third-order valence-electron chi connectivity index (χ3n) is 4.68. The molecule has 0 saturated heterocycles. The standard InChI is InChI=1S/C14H24BrNO/c15-12-9-5-4-8-11(12)13(14(16)17)10-6-2-1-3-7-10/h10-13H,1-9H2,(H2,16,17). The topological polar surface area (TPSA) is 43.1 Å². The Hall–Kier alpha value is -0.0500. The summed E-state index contributed by atoms with van der Waals surface area (Å²) in [5.41, 5.74) is 5.70. The van der Waals surface area contributed by atoms with E-state index in [9.17, 15) is 4.79 Å². The zero-order valence-electron chi connectivity index (χ0n) is 10.5. The van der Waals surface area contributed by atoms with E-state index in [0.717, 1.165) is 0 Å². The van der Waals surface area contributed by atoms with Gasteiger partial charge in [-0.05, 0) is 37.5 Å². The Morgan fingerprint density at radius 3 is 2.18 bits per heavy atom. The van der Waals surface area contributed by atoms with Gasteiger partial charge in [0, 0.05) is 10.7 Å². The molecule has 0 bridgehead atoms. The molecule has 0 aromatic carbocycles. The molecule has 3 heteroatoms. The zero-order valence-corrected chi connectivity index (χ0v) is 12.1. The molecule has 0 aliphatic heterocycles. The molecule has 2 rings (SSSR count). The lowest BCUT2D eigenvalue weighted by Crippen LogP contribution is -2.41. The molecule has 3 atom stereocenters. The monoisotopic (exact) mass is 301 g/mol. The molecule has 0 aromatic heterocycles. The predicted octanol–water partition coefficient (Wildman–Crippen LogP) is 3.62. The quantitative estimate of drug-likeness (QED) is 0.795. The average molecular weight is 302 g/mol. The van der Waals surface area contributed by atoms with Gasteiger partial charge in [0.25, 0.3) is 0 Å². The molecule has 2 aliphatic carbocycles. The van der Waals surface area contributed by atoms with E-state index in [-0.39, 0.29) is 11.8 Å². The van der Waals surface area contributed by atoms with Crippen LogP contribution in [0.3, 0.4) is 0 Å². The van der Waals surface area contributed by atoms with Gasteiger partial charge in [0.1, 0.15) is 0 Å². The van der Waals surface area contributed by atoms with Crippen molar-refractivity contribution in [2.75, 3.05) is 0 Å². The third kappa shape index (κ3) is 3.24. The zero-order chi connectivity index (χ0) is 12.3. The van der Waals surface area contributed by atoms with Crippen LogP contribution in [0, 0.1) is 17.8 Å². The largest absolute Gasteiger partial charge is 0.369 e. The molecule has 2 N–H and O–H groups in total. The highest BCUT2D eigenvalue weighted by atomic mass is 79.9. The Bertz CT molecular complexity index is 263. The van der Waals surface area contributed by atoms with Gasteiger partial charge < -0.3 is 5.73 Å². The van der Waals surface area contributed by atoms with Crippen molar-refractivity contribution in [2.45, 2.75) is 62.6 Å². The summed E-state index contributed by atoms with van der Waals surface area (Å²) in [5, 5.41) is 0. The van der Waals surface area contributed by atoms with Crippen molar-refractivity contribution in [3.05, 3.63) is 0 Å². The lowest BCUT2D eigenvalue weighted by atomic mass is 9.69. The van der Waals surface area contributed by atoms with Gasteiger partial charge in [0.05, 0.1) is 0 Å². The molecule has 3 unspecified atom stereocenters. The molecule has 98 valence electrons. The number of carbonyl (C=O) groups excluding carboxylic acids is 1. The van der Waals surface area contributed by atoms with E-state index in [1.165, 1.54) is 57.8 Å². The summed E-state index contributed by atoms with van der Waals surface area (Å²) < 4.78 is 0. The minimum Gasteiger partial charge on any atom is -0.369 e. The number of amides is 1. The molecule has 0 aromatic rings. The van der Waals surface area contributed by atoms with E-state index >= 15 is 0 Å². The number of carbonyl (C=O) groups is 1. The lowest BCUT2D eigenvalue weighted by molar-refractivity contribution is -0.126. The van der Waals surface area contributed by atoms with Gasteiger partial charge >= 0.3 is 0 Å². The molecule has 2 aliphatic rings. The number of primary amides is 1. The maximum atomic E-state index is 11.8. The summed E-state index contributed by atoms with van der Waals surface area (Å²) in [6, 6.07) is 0. The van der Waals surface area contributed by atoms with Gasteiger partial charge in [0.15, 0.2) is 0 Å². The second-order valence-electron chi connectivity index (χ2n) is 5.79. The maximum Gasteiger partial charge on any atom is 0.221 e. The van der Waals surface area contributed by atoms with Gasteiger partial charge in [-0.2, -0.15) is 0 Å². The van der Waals surface area contributed by atoms with Crippen LogP contribution in [-0.2, 0) is 4.79 Å². The minimum atomic E-state index is -0.0479. The molecule has 2 saturated carbocycles. The number of nitrogens with two attached hydrogens (primary N) is 1. The summed E-state index contributed by atoms with van der Waals surface area (Å²) in [4.78, 5) is 12.4. The summed E-state index contributed by atoms with van der Waals surface area (Å²) in [6.07, 6.45) is 11.3. The smallest absolute Gasteiger partial charge is 0.221 e. The molecule has 0 heterocycles. The van der Waals surface area contributed by atoms with E-state index in [0.29, 0.717) is 16.7 Å². The van der Waals surface area contributed by atoms with Crippen molar-refractivity contribution >= 4 is 21.8 Å². The highest BCUT2D eigenvalue weighted by Crippen LogP contribution is 2.42. The number of halogens is 1. The molecule has 2 fully saturated rings. The summed E-state index contributed by atoms with van der Waals surface area (Å²) in [5.74, 6) is 1.13. The van der Waals surface area contributed by atoms with Crippen molar-refractivity contribution in [2.24, 2.45) is 23.5 Å². The molecule has 1 amide bonds. The van der Waals surface area contributed by atoms with Crippen molar-refractivity contribution < 1.29 is 4.79 Å². The molecular weight excluding hydrogens is 278 g/mol. The van der Waals surface area contributed by atoms with Crippen LogP contribution in [0.5, 0.6) is 0 Å². The SMILES string of the molecule is NC(=O)C(C1CCCCC1)C1CCCCC1Br. The van der Waals surface area contributed by atoms with Crippen molar-refractivity contribution in [3.63, 3.8) is 0 Å². The fraction of sp³-hybridized carbons (Fsp3) is 0.929. The third-order valence-corrected chi connectivity index (χ3v) is 5.82.